The summed E-state index contributed by atoms with van der Waals surface area (Å²) in [5.41, 5.74) is -4.33. The van der Waals surface area contributed by atoms with Gasteiger partial charge in [-0.15, -0.1) is 0 Å². The Hall–Kier alpha value is -3.81. The SMILES string of the molecule is CC[C@@H]1OC(=O)[C@H](C)[C@@H](O[C@@H]2C[C@](C)(OC)[C@H](OS(=O)(=O)CCNCCOCCOCCc3ccc4c(c3)c(=O)c(C(=O)O)cn4CC)[C@H](C)O2)[C@H](C)[C@H](O[C@H]2OC(C)C[C@@H](N(C)C)C2O)[C@](C)(O)C[C@H](C)/C(=N\OCOC)[C@@H](C)[C@H](O)[C@]1(C)O. The maximum Gasteiger partial charge on any atom is 0.341 e. The van der Waals surface area contributed by atoms with Gasteiger partial charge < -0.3 is 87.8 Å². The average molecular weight is 1230 g/mol. The minimum atomic E-state index is -4.21. The number of fused-ring (bicyclic) bond motifs is 1. The van der Waals surface area contributed by atoms with Gasteiger partial charge in [-0.05, 0) is 106 Å². The van der Waals surface area contributed by atoms with E-state index in [-0.39, 0.29) is 69.8 Å². The molecule has 0 aliphatic carbocycles. The first-order chi connectivity index (χ1) is 39.9. The summed E-state index contributed by atoms with van der Waals surface area (Å²) < 4.78 is 89.9. The van der Waals surface area contributed by atoms with Crippen LogP contribution in [0.15, 0.2) is 34.3 Å². The van der Waals surface area contributed by atoms with Crippen LogP contribution in [0.5, 0.6) is 0 Å². The smallest absolute Gasteiger partial charge is 0.341 e. The highest BCUT2D eigenvalue weighted by molar-refractivity contribution is 7.86. The van der Waals surface area contributed by atoms with E-state index in [0.717, 1.165) is 5.56 Å². The van der Waals surface area contributed by atoms with Crippen molar-refractivity contribution in [1.82, 2.24) is 14.8 Å². The molecule has 3 aliphatic heterocycles. The molecule has 3 saturated heterocycles. The lowest BCUT2D eigenvalue weighted by Crippen LogP contribution is -2.61. The molecular formula is C59H98N4O21S. The molecule has 0 spiro atoms. The molecule has 1 aromatic heterocycles. The Morgan fingerprint density at radius 2 is 1.59 bits per heavy atom. The van der Waals surface area contributed by atoms with Gasteiger partial charge in [0.05, 0.1) is 91.0 Å². The molecule has 4 heterocycles. The lowest BCUT2D eigenvalue weighted by atomic mass is 9.73. The van der Waals surface area contributed by atoms with Gasteiger partial charge in [-0.25, -0.2) is 4.79 Å². The summed E-state index contributed by atoms with van der Waals surface area (Å²) >= 11 is 0. The largest absolute Gasteiger partial charge is 0.477 e. The highest BCUT2D eigenvalue weighted by Gasteiger charge is 2.54. The molecule has 0 saturated carbocycles. The number of benzene rings is 1. The van der Waals surface area contributed by atoms with Gasteiger partial charge >= 0.3 is 11.9 Å². The number of aryl methyl sites for hydroxylation is 1. The van der Waals surface area contributed by atoms with Gasteiger partial charge in [0.2, 0.25) is 12.2 Å². The minimum Gasteiger partial charge on any atom is -0.477 e. The highest BCUT2D eigenvalue weighted by Crippen LogP contribution is 2.42. The Bertz CT molecular complexity index is 2670. The van der Waals surface area contributed by atoms with Crippen LogP contribution in [0.4, 0.5) is 0 Å². The second-order valence-electron chi connectivity index (χ2n) is 24.0. The lowest BCUT2D eigenvalue weighted by molar-refractivity contribution is -0.316. The molecule has 3 fully saturated rings. The van der Waals surface area contributed by atoms with Crippen molar-refractivity contribution in [2.24, 2.45) is 28.8 Å². The number of methoxy groups -OCH3 is 2. The van der Waals surface area contributed by atoms with E-state index in [1.807, 2.05) is 38.9 Å². The van der Waals surface area contributed by atoms with Gasteiger partial charge in [-0.2, -0.15) is 8.42 Å². The number of aromatic carboxylic acids is 1. The van der Waals surface area contributed by atoms with Crippen LogP contribution < -0.4 is 10.7 Å². The van der Waals surface area contributed by atoms with E-state index < -0.39 is 135 Å². The standard InChI is InChI=1S/C59H98N4O21S/c1-16-45-59(11,71)51(66)36(5)47(61-78-33-74-14)34(3)30-57(9,70)52(83-56-49(65)44(62(12)13)28-35(4)79-56)37(6)50(38(7)55(69)81-45)82-46-31-58(10,75-15)53(39(8)80-46)84-85(72,73)27-22-60-21-24-77-26-25-76-23-20-40-18-19-43-41(29-40)48(64)42(54(67)68)32-63(43)17-2/h18-19,29,32,34-39,44-46,49-53,56,60,65-66,70-71H,16-17,20-28,30-31,33H2,1-15H3,(H,67,68)/b61-47+/t34-,35?,36+,37-,38+,39-,44+,45-,46+,49?,50-,51-,52-,53+,56+,57+,58-,59+/m0/s1. The molecule has 2 aromatic rings. The molecule has 6 N–H and O–H groups in total. The maximum atomic E-state index is 14.7. The van der Waals surface area contributed by atoms with Crippen LogP contribution in [0.25, 0.3) is 10.9 Å². The molecular weight excluding hydrogens is 1130 g/mol. The number of carboxylic acid groups (broad SMARTS) is 1. The van der Waals surface area contributed by atoms with Crippen molar-refractivity contribution in [2.45, 2.75) is 199 Å². The lowest BCUT2D eigenvalue weighted by Gasteiger charge is -2.49. The topological polar surface area (TPSA) is 321 Å². The molecule has 25 nitrogen and oxygen atoms in total. The Balaban J connectivity index is 1.27. The number of carbonyl (C=O) groups is 2. The van der Waals surface area contributed by atoms with Gasteiger partial charge in [-0.1, -0.05) is 38.9 Å². The number of hydrogen-bond acceptors (Lipinski definition) is 23. The molecule has 85 heavy (non-hydrogen) atoms. The number of cyclic esters (lactones) is 1. The number of nitrogens with zero attached hydrogens (tertiary/aromatic N) is 3. The van der Waals surface area contributed by atoms with Crippen LogP contribution >= 0.6 is 0 Å². The Labute approximate surface area is 500 Å². The van der Waals surface area contributed by atoms with Crippen molar-refractivity contribution in [2.75, 3.05) is 80.4 Å². The Kier molecular flexibility index (Phi) is 26.7. The monoisotopic (exact) mass is 1230 g/mol. The Morgan fingerprint density at radius 3 is 2.21 bits per heavy atom. The van der Waals surface area contributed by atoms with Gasteiger partial charge in [0.15, 0.2) is 12.6 Å². The molecule has 486 valence electrons. The normalized spacial score (nSPS) is 35.2. The van der Waals surface area contributed by atoms with Gasteiger partial charge in [0.1, 0.15) is 29.5 Å². The average Bonchev–Trinajstić information content (AvgIpc) is 2.51. The van der Waals surface area contributed by atoms with Crippen LogP contribution in [0.1, 0.15) is 118 Å². The summed E-state index contributed by atoms with van der Waals surface area (Å²) in [4.78, 5) is 46.5. The number of aliphatic hydroxyl groups excluding tert-OH is 2. The maximum absolute atomic E-state index is 14.7. The number of nitrogens with one attached hydrogen (secondary N) is 1. The zero-order chi connectivity index (χ0) is 63.4. The summed E-state index contributed by atoms with van der Waals surface area (Å²) in [5, 5.41) is 66.0. The van der Waals surface area contributed by atoms with E-state index in [1.165, 1.54) is 27.3 Å². The second-order valence-corrected chi connectivity index (χ2v) is 25.7. The number of pyridine rings is 1. The third kappa shape index (κ3) is 18.4. The number of carbonyl (C=O) groups excluding carboxylic acids is 1. The number of oxime groups is 1. The first-order valence-electron chi connectivity index (χ1n) is 29.6. The predicted octanol–water partition coefficient (Wildman–Crippen LogP) is 3.45. The summed E-state index contributed by atoms with van der Waals surface area (Å²) in [6.45, 7) is 20.1. The molecule has 0 bridgehead atoms. The molecule has 5 rings (SSSR count). The van der Waals surface area contributed by atoms with Crippen molar-refractivity contribution in [3.63, 3.8) is 0 Å². The number of carboxylic acids is 1. The first-order valence-corrected chi connectivity index (χ1v) is 31.2. The number of rotatable bonds is 26. The van der Waals surface area contributed by atoms with E-state index in [4.69, 9.17) is 51.7 Å². The fourth-order valence-electron chi connectivity index (χ4n) is 12.1. The molecule has 0 radical (unpaired) electrons. The van der Waals surface area contributed by atoms with Crippen molar-refractivity contribution >= 4 is 38.7 Å². The summed E-state index contributed by atoms with van der Waals surface area (Å²) in [6.07, 6.45) is -9.29. The van der Waals surface area contributed by atoms with E-state index in [1.54, 1.807) is 72.1 Å². The van der Waals surface area contributed by atoms with Gasteiger partial charge in [0.25, 0.3) is 10.1 Å². The number of esters is 1. The summed E-state index contributed by atoms with van der Waals surface area (Å²) in [7, 11) is 2.29. The zero-order valence-electron chi connectivity index (χ0n) is 52.4. The molecule has 1 aromatic carbocycles. The highest BCUT2D eigenvalue weighted by atomic mass is 32.2. The van der Waals surface area contributed by atoms with Crippen LogP contribution in [-0.4, -0.2) is 226 Å². The number of likely N-dealkylation sites (N-methyl/N-ethyl adjacent to an activating group) is 1. The van der Waals surface area contributed by atoms with Crippen molar-refractivity contribution in [3.05, 3.63) is 45.7 Å². The van der Waals surface area contributed by atoms with Gasteiger partial charge in [-0.3, -0.25) is 13.8 Å². The fourth-order valence-corrected chi connectivity index (χ4v) is 13.3. The number of ether oxygens (including phenoxy) is 9. The number of hydrogen-bond donors (Lipinski definition) is 6. The second kappa shape index (κ2) is 31.6. The van der Waals surface area contributed by atoms with Crippen LogP contribution in [-0.2, 0) is 79.5 Å². The third-order valence-corrected chi connectivity index (χ3v) is 18.2. The number of aromatic nitrogens is 1. The summed E-state index contributed by atoms with van der Waals surface area (Å²) in [6, 6.07) is 4.99. The van der Waals surface area contributed by atoms with Crippen molar-refractivity contribution in [1.29, 1.82) is 0 Å². The number of aliphatic hydroxyl groups is 4. The van der Waals surface area contributed by atoms with Crippen LogP contribution in [0.2, 0.25) is 0 Å². The predicted molar refractivity (Wildman–Crippen MR) is 313 cm³/mol. The minimum absolute atomic E-state index is 0.0294. The third-order valence-electron chi connectivity index (χ3n) is 17.0. The first kappa shape index (κ1) is 71.9. The van der Waals surface area contributed by atoms with E-state index >= 15 is 0 Å². The van der Waals surface area contributed by atoms with E-state index in [2.05, 4.69) is 10.5 Å². The molecule has 3 aliphatic rings. The molecule has 26 heteroatoms. The van der Waals surface area contributed by atoms with Crippen molar-refractivity contribution < 1.29 is 95.2 Å². The van der Waals surface area contributed by atoms with Crippen molar-refractivity contribution in [3.8, 4) is 0 Å². The van der Waals surface area contributed by atoms with E-state index in [0.29, 0.717) is 43.4 Å². The van der Waals surface area contributed by atoms with Crippen LogP contribution in [0, 0.1) is 23.7 Å². The fraction of sp³-hybridized carbons (Fsp3) is 0.797. The molecule has 0 amide bonds. The quantitative estimate of drug-likeness (QED) is 0.0258. The molecule has 18 atom stereocenters. The van der Waals surface area contributed by atoms with Crippen LogP contribution in [0.3, 0.4) is 0 Å². The zero-order valence-corrected chi connectivity index (χ0v) is 53.2. The summed E-state index contributed by atoms with van der Waals surface area (Å²) in [5.74, 6) is -6.24. The van der Waals surface area contributed by atoms with Gasteiger partial charge in [0, 0.05) is 75.7 Å². The Morgan fingerprint density at radius 1 is 0.906 bits per heavy atom. The molecule has 2 unspecified atom stereocenters. The van der Waals surface area contributed by atoms with E-state index in [9.17, 15) is 48.3 Å².